The normalized spacial score (nSPS) is 11.9. The van der Waals surface area contributed by atoms with Gasteiger partial charge in [0.15, 0.2) is 11.5 Å². The van der Waals surface area contributed by atoms with E-state index in [2.05, 4.69) is 5.32 Å². The molecule has 0 unspecified atom stereocenters. The average Bonchev–Trinajstić information content (AvgIpc) is 2.86. The maximum Gasteiger partial charge on any atom is 0.254 e. The SMILES string of the molecule is COc1cc(C(=O)N[C@H](C)c2ccccc2OC)c(N(Cc2ccccc2F)S(C)(=O)=O)cc1OC. The molecule has 1 N–H and O–H groups in total. The number of nitrogens with one attached hydrogen (secondary N) is 1. The van der Waals surface area contributed by atoms with Gasteiger partial charge in [0.1, 0.15) is 11.6 Å². The van der Waals surface area contributed by atoms with E-state index >= 15 is 0 Å². The summed E-state index contributed by atoms with van der Waals surface area (Å²) >= 11 is 0. The summed E-state index contributed by atoms with van der Waals surface area (Å²) in [5, 5.41) is 2.89. The molecule has 0 bridgehead atoms. The van der Waals surface area contributed by atoms with Gasteiger partial charge < -0.3 is 19.5 Å². The first kappa shape index (κ1) is 26.8. The molecule has 3 aromatic rings. The molecule has 0 spiro atoms. The Morgan fingerprint density at radius 2 is 1.53 bits per heavy atom. The number of amides is 1. The molecule has 0 aromatic heterocycles. The largest absolute Gasteiger partial charge is 0.496 e. The summed E-state index contributed by atoms with van der Waals surface area (Å²) in [5.41, 5.74) is 0.910. The molecule has 36 heavy (non-hydrogen) atoms. The average molecular weight is 517 g/mol. The van der Waals surface area contributed by atoms with Crippen LogP contribution in [0.4, 0.5) is 10.1 Å². The highest BCUT2D eigenvalue weighted by Gasteiger charge is 2.28. The van der Waals surface area contributed by atoms with Gasteiger partial charge >= 0.3 is 0 Å². The summed E-state index contributed by atoms with van der Waals surface area (Å²) in [4.78, 5) is 13.5. The number of para-hydroxylation sites is 1. The number of nitrogens with zero attached hydrogens (tertiary/aromatic N) is 1. The molecule has 0 saturated heterocycles. The summed E-state index contributed by atoms with van der Waals surface area (Å²) in [7, 11) is 0.382. The fourth-order valence-corrected chi connectivity index (χ4v) is 4.68. The van der Waals surface area contributed by atoms with E-state index in [1.54, 1.807) is 19.1 Å². The minimum Gasteiger partial charge on any atom is -0.496 e. The Morgan fingerprint density at radius 3 is 2.14 bits per heavy atom. The third-order valence-corrected chi connectivity index (χ3v) is 6.77. The highest BCUT2D eigenvalue weighted by molar-refractivity contribution is 7.92. The number of methoxy groups -OCH3 is 3. The highest BCUT2D eigenvalue weighted by Crippen LogP contribution is 2.37. The van der Waals surface area contributed by atoms with Crippen LogP contribution in [-0.4, -0.2) is 41.9 Å². The van der Waals surface area contributed by atoms with E-state index in [9.17, 15) is 17.6 Å². The molecule has 0 radical (unpaired) electrons. The molecule has 0 heterocycles. The Kier molecular flexibility index (Phi) is 8.41. The molecule has 10 heteroatoms. The van der Waals surface area contributed by atoms with E-state index in [0.717, 1.165) is 16.1 Å². The Labute approximate surface area is 210 Å². The van der Waals surface area contributed by atoms with Crippen molar-refractivity contribution in [1.29, 1.82) is 0 Å². The van der Waals surface area contributed by atoms with Crippen LogP contribution < -0.4 is 23.8 Å². The predicted octanol–water partition coefficient (Wildman–Crippen LogP) is 4.31. The van der Waals surface area contributed by atoms with Crippen LogP contribution in [0.15, 0.2) is 60.7 Å². The molecule has 0 aliphatic carbocycles. The number of benzene rings is 3. The van der Waals surface area contributed by atoms with E-state index < -0.39 is 27.8 Å². The maximum absolute atomic E-state index is 14.5. The third-order valence-electron chi connectivity index (χ3n) is 5.64. The zero-order valence-electron chi connectivity index (χ0n) is 20.7. The van der Waals surface area contributed by atoms with Gasteiger partial charge in [-0.15, -0.1) is 0 Å². The lowest BCUT2D eigenvalue weighted by Crippen LogP contribution is -2.34. The first-order valence-corrected chi connectivity index (χ1v) is 12.9. The number of carbonyl (C=O) groups excluding carboxylic acids is 1. The van der Waals surface area contributed by atoms with Crippen molar-refractivity contribution in [3.63, 3.8) is 0 Å². The van der Waals surface area contributed by atoms with Gasteiger partial charge in [-0.25, -0.2) is 12.8 Å². The molecule has 3 aromatic carbocycles. The molecule has 0 aliphatic rings. The second-order valence-corrected chi connectivity index (χ2v) is 9.93. The maximum atomic E-state index is 14.5. The van der Waals surface area contributed by atoms with Crippen LogP contribution in [0.5, 0.6) is 17.2 Å². The standard InChI is InChI=1S/C26H29FN2O6S/c1-17(19-11-7-9-13-23(19)33-2)28-26(30)20-14-24(34-3)25(35-4)15-22(20)29(36(5,31)32)16-18-10-6-8-12-21(18)27/h6-15,17H,16H2,1-5H3,(H,28,30)/t17-/m1/s1. The van der Waals surface area contributed by atoms with Gasteiger partial charge in [0.05, 0.1) is 51.4 Å². The Bertz CT molecular complexity index is 1350. The van der Waals surface area contributed by atoms with E-state index in [4.69, 9.17) is 14.2 Å². The van der Waals surface area contributed by atoms with Crippen molar-refractivity contribution in [3.8, 4) is 17.2 Å². The fraction of sp³-hybridized carbons (Fsp3) is 0.269. The third kappa shape index (κ3) is 5.88. The first-order chi connectivity index (χ1) is 17.1. The van der Waals surface area contributed by atoms with Crippen molar-refractivity contribution in [2.45, 2.75) is 19.5 Å². The highest BCUT2D eigenvalue weighted by atomic mass is 32.2. The second kappa shape index (κ2) is 11.3. The molecule has 8 nitrogen and oxygen atoms in total. The number of hydrogen-bond acceptors (Lipinski definition) is 6. The van der Waals surface area contributed by atoms with Crippen LogP contribution >= 0.6 is 0 Å². The van der Waals surface area contributed by atoms with E-state index in [1.165, 1.54) is 51.7 Å². The van der Waals surface area contributed by atoms with Gasteiger partial charge in [0.2, 0.25) is 10.0 Å². The number of hydrogen-bond donors (Lipinski definition) is 1. The summed E-state index contributed by atoms with van der Waals surface area (Å²) in [6, 6.07) is 15.4. The number of anilines is 1. The van der Waals surface area contributed by atoms with Gasteiger partial charge in [-0.3, -0.25) is 9.10 Å². The van der Waals surface area contributed by atoms with Crippen molar-refractivity contribution in [2.75, 3.05) is 31.9 Å². The first-order valence-electron chi connectivity index (χ1n) is 11.0. The molecule has 192 valence electrons. The van der Waals surface area contributed by atoms with Crippen LogP contribution in [0, 0.1) is 5.82 Å². The Hall–Kier alpha value is -3.79. The zero-order chi connectivity index (χ0) is 26.5. The van der Waals surface area contributed by atoms with Gasteiger partial charge in [-0.2, -0.15) is 0 Å². The Morgan fingerprint density at radius 1 is 0.944 bits per heavy atom. The molecule has 0 aliphatic heterocycles. The summed E-state index contributed by atoms with van der Waals surface area (Å²) in [6.07, 6.45) is 0.990. The minimum atomic E-state index is -3.95. The van der Waals surface area contributed by atoms with E-state index in [-0.39, 0.29) is 34.9 Å². The molecule has 1 atom stereocenters. The lowest BCUT2D eigenvalue weighted by molar-refractivity contribution is 0.0939. The molecule has 0 fully saturated rings. The van der Waals surface area contributed by atoms with Crippen molar-refractivity contribution < 1.29 is 31.8 Å². The fourth-order valence-electron chi connectivity index (χ4n) is 3.80. The number of ether oxygens (including phenoxy) is 3. The lowest BCUT2D eigenvalue weighted by Gasteiger charge is -2.27. The quantitative estimate of drug-likeness (QED) is 0.432. The number of halogens is 1. The van der Waals surface area contributed by atoms with Crippen LogP contribution in [-0.2, 0) is 16.6 Å². The number of carbonyl (C=O) groups is 1. The van der Waals surface area contributed by atoms with Crippen molar-refractivity contribution in [2.24, 2.45) is 0 Å². The molecular formula is C26H29FN2O6S. The van der Waals surface area contributed by atoms with Crippen molar-refractivity contribution >= 4 is 21.6 Å². The summed E-state index contributed by atoms with van der Waals surface area (Å²) in [6.45, 7) is 1.45. The van der Waals surface area contributed by atoms with Crippen LogP contribution in [0.1, 0.15) is 34.5 Å². The van der Waals surface area contributed by atoms with Crippen molar-refractivity contribution in [1.82, 2.24) is 5.32 Å². The van der Waals surface area contributed by atoms with Gasteiger partial charge in [0.25, 0.3) is 5.91 Å². The van der Waals surface area contributed by atoms with Crippen LogP contribution in [0.25, 0.3) is 0 Å². The lowest BCUT2D eigenvalue weighted by atomic mass is 10.1. The summed E-state index contributed by atoms with van der Waals surface area (Å²) < 4.78 is 57.3. The Balaban J connectivity index is 2.12. The van der Waals surface area contributed by atoms with Crippen LogP contribution in [0.3, 0.4) is 0 Å². The monoisotopic (exact) mass is 516 g/mol. The minimum absolute atomic E-state index is 0.0103. The van der Waals surface area contributed by atoms with Gasteiger partial charge in [-0.1, -0.05) is 36.4 Å². The number of rotatable bonds is 10. The second-order valence-electron chi connectivity index (χ2n) is 8.02. The number of sulfonamides is 1. The van der Waals surface area contributed by atoms with Gasteiger partial charge in [0, 0.05) is 17.2 Å². The van der Waals surface area contributed by atoms with E-state index in [1.807, 2.05) is 18.2 Å². The smallest absolute Gasteiger partial charge is 0.254 e. The molecule has 0 saturated carbocycles. The van der Waals surface area contributed by atoms with Crippen LogP contribution in [0.2, 0.25) is 0 Å². The summed E-state index contributed by atoms with van der Waals surface area (Å²) in [5.74, 6) is -0.0937. The molecular weight excluding hydrogens is 487 g/mol. The van der Waals surface area contributed by atoms with Gasteiger partial charge in [-0.05, 0) is 25.1 Å². The van der Waals surface area contributed by atoms with Crippen molar-refractivity contribution in [3.05, 3.63) is 83.2 Å². The molecule has 3 rings (SSSR count). The zero-order valence-corrected chi connectivity index (χ0v) is 21.6. The van der Waals surface area contributed by atoms with E-state index in [0.29, 0.717) is 5.75 Å². The topological polar surface area (TPSA) is 94.2 Å². The predicted molar refractivity (Wildman–Crippen MR) is 136 cm³/mol. The molecule has 1 amide bonds.